The lowest BCUT2D eigenvalue weighted by molar-refractivity contribution is -0.130. The first-order chi connectivity index (χ1) is 16.5. The maximum absolute atomic E-state index is 13.4. The number of hydrogen-bond donors (Lipinski definition) is 1. The van der Waals surface area contributed by atoms with Crippen LogP contribution in [-0.2, 0) is 9.53 Å². The van der Waals surface area contributed by atoms with Crippen LogP contribution in [0.4, 0.5) is 0 Å². The topological polar surface area (TPSA) is 96.4 Å². The van der Waals surface area contributed by atoms with Crippen LogP contribution in [-0.4, -0.2) is 59.4 Å². The summed E-state index contributed by atoms with van der Waals surface area (Å²) >= 11 is 0. The first-order valence-corrected chi connectivity index (χ1v) is 11.3. The molecule has 2 aromatic heterocycles. The van der Waals surface area contributed by atoms with E-state index in [1.165, 1.54) is 12.3 Å². The predicted molar refractivity (Wildman–Crippen MR) is 122 cm³/mol. The van der Waals surface area contributed by atoms with Crippen LogP contribution in [0.25, 0.3) is 0 Å². The third-order valence-electron chi connectivity index (χ3n) is 6.38. The van der Waals surface area contributed by atoms with E-state index >= 15 is 0 Å². The summed E-state index contributed by atoms with van der Waals surface area (Å²) in [6.45, 7) is 4.70. The Labute approximate surface area is 197 Å². The van der Waals surface area contributed by atoms with Crippen molar-refractivity contribution in [1.29, 1.82) is 0 Å². The largest absolute Gasteiger partial charge is 0.503 e. The molecule has 1 N–H and O–H groups in total. The molecule has 0 spiro atoms. The number of amides is 1. The summed E-state index contributed by atoms with van der Waals surface area (Å²) in [7, 11) is 0. The zero-order valence-electron chi connectivity index (χ0n) is 18.8. The Balaban J connectivity index is 1.56. The Morgan fingerprint density at radius 3 is 2.53 bits per heavy atom. The van der Waals surface area contributed by atoms with Crippen molar-refractivity contribution in [2.45, 2.75) is 19.0 Å². The summed E-state index contributed by atoms with van der Waals surface area (Å²) in [4.78, 5) is 30.5. The van der Waals surface area contributed by atoms with Gasteiger partial charge in [0.15, 0.2) is 11.5 Å². The van der Waals surface area contributed by atoms with Crippen molar-refractivity contribution < 1.29 is 28.3 Å². The number of hydrogen-bond acceptors (Lipinski definition) is 7. The summed E-state index contributed by atoms with van der Waals surface area (Å²) in [6.07, 6.45) is 3.00. The summed E-state index contributed by atoms with van der Waals surface area (Å²) in [5, 5.41) is 10.9. The maximum atomic E-state index is 13.4. The average Bonchev–Trinajstić information content (AvgIpc) is 3.61. The Morgan fingerprint density at radius 1 is 1.09 bits per heavy atom. The van der Waals surface area contributed by atoms with Crippen LogP contribution in [0.3, 0.4) is 0 Å². The minimum atomic E-state index is -0.761. The molecule has 2 aliphatic rings. The van der Waals surface area contributed by atoms with Gasteiger partial charge in [0.25, 0.3) is 5.91 Å². The third kappa shape index (κ3) is 4.06. The van der Waals surface area contributed by atoms with E-state index in [4.69, 9.17) is 13.6 Å². The lowest BCUT2D eigenvalue weighted by Gasteiger charge is -2.37. The molecule has 1 amide bonds. The molecule has 8 heteroatoms. The van der Waals surface area contributed by atoms with E-state index in [0.29, 0.717) is 32.1 Å². The monoisotopic (exact) mass is 462 g/mol. The number of aliphatic hydroxyl groups is 1. The SMILES string of the molecule is Cc1cccc(C2C(C(=O)c3ccco3)=C(O)C(=O)N2CC(c2ccco2)N2CCOCC2)c1. The third-order valence-corrected chi connectivity index (χ3v) is 6.38. The van der Waals surface area contributed by atoms with Crippen LogP contribution in [0.15, 0.2) is 81.2 Å². The summed E-state index contributed by atoms with van der Waals surface area (Å²) < 4.78 is 16.6. The van der Waals surface area contributed by atoms with Gasteiger partial charge in [0.2, 0.25) is 5.78 Å². The highest BCUT2D eigenvalue weighted by Gasteiger charge is 2.46. The molecule has 0 bridgehead atoms. The fraction of sp³-hybridized carbons (Fsp3) is 0.308. The van der Waals surface area contributed by atoms with Crippen LogP contribution < -0.4 is 0 Å². The number of rotatable bonds is 7. The van der Waals surface area contributed by atoms with Gasteiger partial charge in [-0.15, -0.1) is 0 Å². The molecule has 8 nitrogen and oxygen atoms in total. The molecule has 0 aliphatic carbocycles. The molecular weight excluding hydrogens is 436 g/mol. The number of nitrogens with zero attached hydrogens (tertiary/aromatic N) is 2. The number of carbonyl (C=O) groups excluding carboxylic acids is 2. The van der Waals surface area contributed by atoms with Crippen molar-refractivity contribution in [3.8, 4) is 0 Å². The van der Waals surface area contributed by atoms with E-state index < -0.39 is 23.5 Å². The first kappa shape index (κ1) is 22.2. The van der Waals surface area contributed by atoms with Gasteiger partial charge in [-0.05, 0) is 36.8 Å². The van der Waals surface area contributed by atoms with Gasteiger partial charge in [0.05, 0.1) is 43.4 Å². The summed E-state index contributed by atoms with van der Waals surface area (Å²) in [5.41, 5.74) is 1.75. The summed E-state index contributed by atoms with van der Waals surface area (Å²) in [5.74, 6) is -0.863. The molecule has 1 saturated heterocycles. The number of ether oxygens (including phenoxy) is 1. The predicted octanol–water partition coefficient (Wildman–Crippen LogP) is 3.83. The van der Waals surface area contributed by atoms with E-state index in [1.807, 2.05) is 43.3 Å². The van der Waals surface area contributed by atoms with E-state index in [9.17, 15) is 14.7 Å². The van der Waals surface area contributed by atoms with Crippen LogP contribution in [0.2, 0.25) is 0 Å². The average molecular weight is 463 g/mol. The minimum absolute atomic E-state index is 0.0192. The van der Waals surface area contributed by atoms with Gasteiger partial charge in [0.1, 0.15) is 5.76 Å². The Bertz CT molecular complexity index is 1190. The van der Waals surface area contributed by atoms with E-state index in [2.05, 4.69) is 4.90 Å². The minimum Gasteiger partial charge on any atom is -0.503 e. The second-order valence-electron chi connectivity index (χ2n) is 8.52. The fourth-order valence-corrected chi connectivity index (χ4v) is 4.74. The quantitative estimate of drug-likeness (QED) is 0.533. The van der Waals surface area contributed by atoms with Gasteiger partial charge in [-0.3, -0.25) is 14.5 Å². The van der Waals surface area contributed by atoms with Crippen molar-refractivity contribution in [2.75, 3.05) is 32.8 Å². The fourth-order valence-electron chi connectivity index (χ4n) is 4.74. The molecule has 2 aliphatic heterocycles. The number of furan rings is 2. The number of benzene rings is 1. The first-order valence-electron chi connectivity index (χ1n) is 11.3. The number of Topliss-reactive ketones (excluding diaryl/α,β-unsaturated/α-hetero) is 1. The van der Waals surface area contributed by atoms with Crippen molar-refractivity contribution in [1.82, 2.24) is 9.80 Å². The van der Waals surface area contributed by atoms with Crippen molar-refractivity contribution in [2.24, 2.45) is 0 Å². The van der Waals surface area contributed by atoms with Crippen molar-refractivity contribution in [3.63, 3.8) is 0 Å². The second kappa shape index (κ2) is 9.32. The van der Waals surface area contributed by atoms with Gasteiger partial charge in [-0.25, -0.2) is 0 Å². The van der Waals surface area contributed by atoms with Gasteiger partial charge in [-0.1, -0.05) is 29.8 Å². The molecule has 1 fully saturated rings. The molecule has 3 aromatic rings. The van der Waals surface area contributed by atoms with Crippen LogP contribution >= 0.6 is 0 Å². The number of carbonyl (C=O) groups is 2. The molecule has 4 heterocycles. The van der Waals surface area contributed by atoms with E-state index in [0.717, 1.165) is 11.1 Å². The highest BCUT2D eigenvalue weighted by Crippen LogP contribution is 2.41. The molecule has 1 aromatic carbocycles. The number of aryl methyl sites for hydroxylation is 1. The molecule has 0 saturated carbocycles. The molecule has 5 rings (SSSR count). The van der Waals surface area contributed by atoms with Crippen molar-refractivity contribution >= 4 is 11.7 Å². The van der Waals surface area contributed by atoms with Gasteiger partial charge in [0, 0.05) is 19.6 Å². The standard InChI is InChI=1S/C26H26N2O6/c1-17-5-2-6-18(15-17)23-22(24(29)21-8-4-12-34-21)25(30)26(31)28(23)16-19(20-7-3-11-33-20)27-9-13-32-14-10-27/h2-8,11-12,15,19,23,30H,9-10,13-14,16H2,1H3. The molecule has 34 heavy (non-hydrogen) atoms. The Hall–Kier alpha value is -3.62. The summed E-state index contributed by atoms with van der Waals surface area (Å²) in [6, 6.07) is 13.4. The number of ketones is 1. The van der Waals surface area contributed by atoms with Gasteiger partial charge >= 0.3 is 0 Å². The lowest BCUT2D eigenvalue weighted by Crippen LogP contribution is -2.45. The van der Waals surface area contributed by atoms with Crippen LogP contribution in [0.5, 0.6) is 0 Å². The molecule has 176 valence electrons. The molecular formula is C26H26N2O6. The molecule has 0 radical (unpaired) electrons. The zero-order chi connectivity index (χ0) is 23.7. The van der Waals surface area contributed by atoms with E-state index in [-0.39, 0.29) is 23.9 Å². The highest BCUT2D eigenvalue weighted by atomic mass is 16.5. The van der Waals surface area contributed by atoms with E-state index in [1.54, 1.807) is 17.2 Å². The van der Waals surface area contributed by atoms with Crippen LogP contribution in [0, 0.1) is 6.92 Å². The number of morpholine rings is 1. The zero-order valence-corrected chi connectivity index (χ0v) is 18.8. The van der Waals surface area contributed by atoms with Gasteiger partial charge < -0.3 is 23.6 Å². The maximum Gasteiger partial charge on any atom is 0.290 e. The molecule has 2 atom stereocenters. The smallest absolute Gasteiger partial charge is 0.290 e. The number of aliphatic hydroxyl groups excluding tert-OH is 1. The highest BCUT2D eigenvalue weighted by molar-refractivity contribution is 6.15. The Kier molecular flexibility index (Phi) is 6.08. The Morgan fingerprint density at radius 2 is 1.85 bits per heavy atom. The normalized spacial score (nSPS) is 20.2. The molecule has 2 unspecified atom stereocenters. The lowest BCUT2D eigenvalue weighted by atomic mass is 9.94. The van der Waals surface area contributed by atoms with Crippen molar-refractivity contribution in [3.05, 3.63) is 95.0 Å². The van der Waals surface area contributed by atoms with Gasteiger partial charge in [-0.2, -0.15) is 0 Å². The second-order valence-corrected chi connectivity index (χ2v) is 8.52. The van der Waals surface area contributed by atoms with Crippen LogP contribution in [0.1, 0.15) is 39.5 Å².